The first kappa shape index (κ1) is 14.4. The molecule has 6 heteroatoms. The van der Waals surface area contributed by atoms with Crippen LogP contribution in [0.5, 0.6) is 0 Å². The summed E-state index contributed by atoms with van der Waals surface area (Å²) >= 11 is 1.67. The molecule has 1 unspecified atom stereocenters. The Hall–Kier alpha value is -1.01. The zero-order valence-electron chi connectivity index (χ0n) is 11.5. The molecule has 0 spiro atoms. The number of hydrogen-bond donors (Lipinski definition) is 1. The topological polar surface area (TPSA) is 56.1 Å². The van der Waals surface area contributed by atoms with E-state index >= 15 is 0 Å². The van der Waals surface area contributed by atoms with Gasteiger partial charge in [0.25, 0.3) is 0 Å². The van der Waals surface area contributed by atoms with E-state index in [4.69, 9.17) is 4.74 Å². The van der Waals surface area contributed by atoms with Crippen LogP contribution in [0.3, 0.4) is 0 Å². The number of imidazole rings is 1. The number of rotatable bonds is 8. The standard InChI is InChI=1S/C13H21N3O2S/c1-3-18-12(17)11(15-10-4-5-10)6-9-19-13-14-7-8-16(13)2/h7-8,10-11,15H,3-6,9H2,1-2H3. The second-order valence-corrected chi connectivity index (χ2v) is 5.77. The number of carbonyl (C=O) groups excluding carboxylic acids is 1. The van der Waals surface area contributed by atoms with E-state index in [1.165, 1.54) is 12.8 Å². The highest BCUT2D eigenvalue weighted by molar-refractivity contribution is 7.99. The first-order valence-corrected chi connectivity index (χ1v) is 7.72. The third-order valence-corrected chi connectivity index (χ3v) is 4.09. The van der Waals surface area contributed by atoms with Gasteiger partial charge in [-0.1, -0.05) is 11.8 Å². The minimum atomic E-state index is -0.180. The van der Waals surface area contributed by atoms with Gasteiger partial charge in [0.05, 0.1) is 6.61 Å². The zero-order valence-corrected chi connectivity index (χ0v) is 12.3. The second kappa shape index (κ2) is 6.96. The van der Waals surface area contributed by atoms with Crippen LogP contribution in [0.15, 0.2) is 17.6 Å². The maximum atomic E-state index is 11.9. The van der Waals surface area contributed by atoms with Gasteiger partial charge in [-0.05, 0) is 26.2 Å². The van der Waals surface area contributed by atoms with Gasteiger partial charge in [-0.3, -0.25) is 4.79 Å². The zero-order chi connectivity index (χ0) is 13.7. The van der Waals surface area contributed by atoms with Gasteiger partial charge in [-0.2, -0.15) is 0 Å². The number of nitrogens with zero attached hydrogens (tertiary/aromatic N) is 2. The number of ether oxygens (including phenoxy) is 1. The fraction of sp³-hybridized carbons (Fsp3) is 0.692. The molecule has 0 aromatic carbocycles. The second-order valence-electron chi connectivity index (χ2n) is 4.70. The normalized spacial score (nSPS) is 16.3. The quantitative estimate of drug-likeness (QED) is 0.580. The molecule has 1 N–H and O–H groups in total. The highest BCUT2D eigenvalue weighted by Gasteiger charge is 2.28. The van der Waals surface area contributed by atoms with Crippen molar-refractivity contribution in [1.82, 2.24) is 14.9 Å². The van der Waals surface area contributed by atoms with Crippen molar-refractivity contribution in [2.45, 2.75) is 43.4 Å². The van der Waals surface area contributed by atoms with Crippen LogP contribution < -0.4 is 5.32 Å². The van der Waals surface area contributed by atoms with Crippen molar-refractivity contribution in [2.75, 3.05) is 12.4 Å². The molecule has 1 atom stereocenters. The summed E-state index contributed by atoms with van der Waals surface area (Å²) in [5, 5.41) is 4.34. The van der Waals surface area contributed by atoms with Gasteiger partial charge < -0.3 is 14.6 Å². The molecule has 1 aromatic rings. The third kappa shape index (κ3) is 4.54. The average molecular weight is 283 g/mol. The summed E-state index contributed by atoms with van der Waals surface area (Å²) in [5.74, 6) is 0.725. The van der Waals surface area contributed by atoms with Gasteiger partial charge in [-0.25, -0.2) is 4.98 Å². The third-order valence-electron chi connectivity index (χ3n) is 3.00. The van der Waals surface area contributed by atoms with Crippen LogP contribution in [-0.2, 0) is 16.6 Å². The summed E-state index contributed by atoms with van der Waals surface area (Å²) in [4.78, 5) is 16.1. The Kier molecular flexibility index (Phi) is 5.27. The minimum Gasteiger partial charge on any atom is -0.465 e. The first-order chi connectivity index (χ1) is 9.20. The molecule has 1 aliphatic carbocycles. The highest BCUT2D eigenvalue weighted by Crippen LogP contribution is 2.22. The summed E-state index contributed by atoms with van der Waals surface area (Å²) in [7, 11) is 1.97. The summed E-state index contributed by atoms with van der Waals surface area (Å²) in [6, 6.07) is 0.327. The van der Waals surface area contributed by atoms with E-state index < -0.39 is 0 Å². The number of aryl methyl sites for hydroxylation is 1. The Balaban J connectivity index is 1.78. The molecule has 0 saturated heterocycles. The van der Waals surface area contributed by atoms with E-state index in [2.05, 4.69) is 10.3 Å². The molecule has 0 radical (unpaired) electrons. The molecule has 1 heterocycles. The summed E-state index contributed by atoms with van der Waals surface area (Å²) in [6.45, 7) is 2.28. The molecule has 1 aliphatic rings. The number of carbonyl (C=O) groups is 1. The maximum Gasteiger partial charge on any atom is 0.323 e. The van der Waals surface area contributed by atoms with E-state index in [9.17, 15) is 4.79 Å². The fourth-order valence-corrected chi connectivity index (χ4v) is 2.74. The Morgan fingerprint density at radius 1 is 1.68 bits per heavy atom. The van der Waals surface area contributed by atoms with Crippen LogP contribution >= 0.6 is 11.8 Å². The van der Waals surface area contributed by atoms with Crippen molar-refractivity contribution >= 4 is 17.7 Å². The van der Waals surface area contributed by atoms with E-state index in [0.717, 1.165) is 17.3 Å². The maximum absolute atomic E-state index is 11.9. The molecule has 2 rings (SSSR count). The molecule has 5 nitrogen and oxygen atoms in total. The lowest BCUT2D eigenvalue weighted by molar-refractivity contribution is -0.145. The van der Waals surface area contributed by atoms with E-state index in [1.54, 1.807) is 18.0 Å². The lowest BCUT2D eigenvalue weighted by Crippen LogP contribution is -2.39. The highest BCUT2D eigenvalue weighted by atomic mass is 32.2. The van der Waals surface area contributed by atoms with Crippen LogP contribution in [0.25, 0.3) is 0 Å². The molecule has 1 fully saturated rings. The lowest BCUT2D eigenvalue weighted by atomic mass is 10.2. The molecule has 19 heavy (non-hydrogen) atoms. The predicted octanol–water partition coefficient (Wildman–Crippen LogP) is 1.59. The largest absolute Gasteiger partial charge is 0.465 e. The van der Waals surface area contributed by atoms with Crippen LogP contribution in [0.4, 0.5) is 0 Å². The van der Waals surface area contributed by atoms with E-state index in [1.807, 2.05) is 24.7 Å². The van der Waals surface area contributed by atoms with Crippen molar-refractivity contribution in [1.29, 1.82) is 0 Å². The molecule has 106 valence electrons. The van der Waals surface area contributed by atoms with E-state index in [-0.39, 0.29) is 12.0 Å². The number of aromatic nitrogens is 2. The number of thioether (sulfide) groups is 1. The van der Waals surface area contributed by atoms with Crippen LogP contribution in [0.1, 0.15) is 26.2 Å². The molecule has 0 aliphatic heterocycles. The summed E-state index contributed by atoms with van der Waals surface area (Å²) in [6.07, 6.45) is 6.82. The Morgan fingerprint density at radius 2 is 2.47 bits per heavy atom. The monoisotopic (exact) mass is 283 g/mol. The number of hydrogen-bond acceptors (Lipinski definition) is 5. The van der Waals surface area contributed by atoms with Crippen molar-refractivity contribution in [3.63, 3.8) is 0 Å². The average Bonchev–Trinajstić information content (AvgIpc) is 3.11. The van der Waals surface area contributed by atoms with Crippen LogP contribution in [0.2, 0.25) is 0 Å². The number of esters is 1. The van der Waals surface area contributed by atoms with Crippen molar-refractivity contribution in [2.24, 2.45) is 7.05 Å². The van der Waals surface area contributed by atoms with Crippen LogP contribution in [0, 0.1) is 0 Å². The number of nitrogens with one attached hydrogen (secondary N) is 1. The predicted molar refractivity (Wildman–Crippen MR) is 75.1 cm³/mol. The Labute approximate surface area is 118 Å². The molecular formula is C13H21N3O2S. The van der Waals surface area contributed by atoms with Gasteiger partial charge in [0, 0.05) is 31.2 Å². The molecular weight excluding hydrogens is 262 g/mol. The SMILES string of the molecule is CCOC(=O)C(CCSc1nccn1C)NC1CC1. The fourth-order valence-electron chi connectivity index (χ4n) is 1.81. The van der Waals surface area contributed by atoms with Gasteiger partial charge in [-0.15, -0.1) is 0 Å². The lowest BCUT2D eigenvalue weighted by Gasteiger charge is -2.16. The Morgan fingerprint density at radius 3 is 3.05 bits per heavy atom. The van der Waals surface area contributed by atoms with Crippen LogP contribution in [-0.4, -0.2) is 40.0 Å². The Bertz CT molecular complexity index is 418. The van der Waals surface area contributed by atoms with Gasteiger partial charge in [0.15, 0.2) is 5.16 Å². The van der Waals surface area contributed by atoms with Gasteiger partial charge >= 0.3 is 5.97 Å². The van der Waals surface area contributed by atoms with Crippen molar-refractivity contribution in [3.05, 3.63) is 12.4 Å². The molecule has 0 bridgehead atoms. The molecule has 1 aromatic heterocycles. The van der Waals surface area contributed by atoms with E-state index in [0.29, 0.717) is 12.6 Å². The summed E-state index contributed by atoms with van der Waals surface area (Å²) in [5.41, 5.74) is 0. The summed E-state index contributed by atoms with van der Waals surface area (Å²) < 4.78 is 7.10. The van der Waals surface area contributed by atoms with Crippen molar-refractivity contribution < 1.29 is 9.53 Å². The minimum absolute atomic E-state index is 0.130. The van der Waals surface area contributed by atoms with Gasteiger partial charge in [0.2, 0.25) is 0 Å². The van der Waals surface area contributed by atoms with Crippen molar-refractivity contribution in [3.8, 4) is 0 Å². The first-order valence-electron chi connectivity index (χ1n) is 6.73. The smallest absolute Gasteiger partial charge is 0.323 e. The van der Waals surface area contributed by atoms with Gasteiger partial charge in [0.1, 0.15) is 6.04 Å². The molecule has 0 amide bonds. The molecule has 1 saturated carbocycles.